The van der Waals surface area contributed by atoms with E-state index >= 15 is 0 Å². The van der Waals surface area contributed by atoms with Gasteiger partial charge in [0, 0.05) is 12.1 Å². The fraction of sp³-hybridized carbons (Fsp3) is 1.00. The summed E-state index contributed by atoms with van der Waals surface area (Å²) in [6, 6.07) is 1.31. The lowest BCUT2D eigenvalue weighted by Gasteiger charge is -2.58. The topological polar surface area (TPSA) is 12.0 Å². The van der Waals surface area contributed by atoms with Crippen LogP contribution in [-0.4, -0.2) is 12.1 Å². The van der Waals surface area contributed by atoms with Crippen LogP contribution < -0.4 is 5.32 Å². The van der Waals surface area contributed by atoms with Crippen LogP contribution in [0.3, 0.4) is 0 Å². The van der Waals surface area contributed by atoms with Crippen molar-refractivity contribution in [3.8, 4) is 0 Å². The van der Waals surface area contributed by atoms with Gasteiger partial charge in [-0.05, 0) is 35.5 Å². The maximum Gasteiger partial charge on any atom is 0.00751 e. The molecule has 1 heteroatoms. The fourth-order valence-electron chi connectivity index (χ4n) is 4.38. The van der Waals surface area contributed by atoms with Crippen molar-refractivity contribution in [3.63, 3.8) is 0 Å². The molecule has 0 aromatic rings. The van der Waals surface area contributed by atoms with E-state index in [2.05, 4.69) is 60.7 Å². The van der Waals surface area contributed by atoms with Crippen LogP contribution in [0.25, 0.3) is 0 Å². The molecule has 0 spiro atoms. The minimum Gasteiger partial charge on any atom is -0.312 e. The number of rotatable bonds is 2. The first kappa shape index (κ1) is 16.0. The molecule has 0 radical (unpaired) electrons. The minimum atomic E-state index is 0.378. The predicted octanol–water partition coefficient (Wildman–Crippen LogP) is 5.01. The molecule has 1 nitrogen and oxygen atoms in total. The third-order valence-corrected chi connectivity index (χ3v) is 5.19. The van der Waals surface area contributed by atoms with Crippen LogP contribution in [0, 0.1) is 16.2 Å². The second-order valence-corrected chi connectivity index (χ2v) is 8.70. The lowest BCUT2D eigenvalue weighted by atomic mass is 9.48. The molecule has 18 heavy (non-hydrogen) atoms. The molecule has 1 atom stereocenters. The van der Waals surface area contributed by atoms with E-state index in [0.717, 1.165) is 0 Å². The van der Waals surface area contributed by atoms with E-state index in [-0.39, 0.29) is 0 Å². The molecule has 1 saturated carbocycles. The highest BCUT2D eigenvalue weighted by Gasteiger charge is 2.52. The van der Waals surface area contributed by atoms with Crippen molar-refractivity contribution in [2.75, 3.05) is 0 Å². The molecule has 1 fully saturated rings. The quantitative estimate of drug-likeness (QED) is 0.730. The molecule has 0 aromatic carbocycles. The summed E-state index contributed by atoms with van der Waals surface area (Å²) in [5, 5.41) is 3.78. The SMILES string of the molecule is CC(C)NC1CCCC(C(C)(C)C)(C(C)(C)C)C1. The predicted molar refractivity (Wildman–Crippen MR) is 81.9 cm³/mol. The van der Waals surface area contributed by atoms with E-state index < -0.39 is 0 Å². The van der Waals surface area contributed by atoms with Crippen molar-refractivity contribution >= 4 is 0 Å². The van der Waals surface area contributed by atoms with E-state index in [1.807, 2.05) is 0 Å². The zero-order chi connectivity index (χ0) is 14.2. The molecular formula is C17H35N. The van der Waals surface area contributed by atoms with Crippen LogP contribution in [0.15, 0.2) is 0 Å². The monoisotopic (exact) mass is 253 g/mol. The van der Waals surface area contributed by atoms with Gasteiger partial charge in [0.2, 0.25) is 0 Å². The van der Waals surface area contributed by atoms with Gasteiger partial charge in [0.1, 0.15) is 0 Å². The molecule has 0 aliphatic heterocycles. The van der Waals surface area contributed by atoms with Crippen LogP contribution in [0.4, 0.5) is 0 Å². The zero-order valence-corrected chi connectivity index (χ0v) is 14.0. The molecule has 1 rings (SSSR count). The largest absolute Gasteiger partial charge is 0.312 e. The van der Waals surface area contributed by atoms with Gasteiger partial charge in [-0.3, -0.25) is 0 Å². The summed E-state index contributed by atoms with van der Waals surface area (Å²) in [6.45, 7) is 19.2. The van der Waals surface area contributed by atoms with Gasteiger partial charge in [0.25, 0.3) is 0 Å². The average Bonchev–Trinajstić information content (AvgIpc) is 2.13. The highest BCUT2D eigenvalue weighted by molar-refractivity contribution is 5.03. The summed E-state index contributed by atoms with van der Waals surface area (Å²) in [4.78, 5) is 0. The van der Waals surface area contributed by atoms with Crippen molar-refractivity contribution in [1.82, 2.24) is 5.32 Å². The summed E-state index contributed by atoms with van der Waals surface area (Å²) in [7, 11) is 0. The first-order chi connectivity index (χ1) is 7.99. The second kappa shape index (κ2) is 5.15. The van der Waals surface area contributed by atoms with Gasteiger partial charge in [0.05, 0.1) is 0 Å². The summed E-state index contributed by atoms with van der Waals surface area (Å²) < 4.78 is 0. The van der Waals surface area contributed by atoms with E-state index in [9.17, 15) is 0 Å². The van der Waals surface area contributed by atoms with Gasteiger partial charge < -0.3 is 5.32 Å². The zero-order valence-electron chi connectivity index (χ0n) is 14.0. The molecule has 0 heterocycles. The van der Waals surface area contributed by atoms with Crippen LogP contribution in [0.1, 0.15) is 81.1 Å². The molecular weight excluding hydrogens is 218 g/mol. The first-order valence-electron chi connectivity index (χ1n) is 7.76. The molecule has 1 unspecified atom stereocenters. The van der Waals surface area contributed by atoms with Crippen LogP contribution in [0.5, 0.6) is 0 Å². The average molecular weight is 253 g/mol. The fourth-order valence-corrected chi connectivity index (χ4v) is 4.38. The molecule has 0 saturated heterocycles. The third-order valence-electron chi connectivity index (χ3n) is 5.19. The van der Waals surface area contributed by atoms with Gasteiger partial charge in [-0.2, -0.15) is 0 Å². The summed E-state index contributed by atoms with van der Waals surface area (Å²) in [5.41, 5.74) is 1.20. The Balaban J connectivity index is 2.98. The normalized spacial score (nSPS) is 25.5. The van der Waals surface area contributed by atoms with E-state index in [4.69, 9.17) is 0 Å². The lowest BCUT2D eigenvalue weighted by Crippen LogP contribution is -2.53. The molecule has 1 aliphatic carbocycles. The Morgan fingerprint density at radius 3 is 1.89 bits per heavy atom. The van der Waals surface area contributed by atoms with Gasteiger partial charge >= 0.3 is 0 Å². The standard InChI is InChI=1S/C17H35N/c1-13(2)18-14-10-9-11-17(12-14,15(3,4)5)16(6,7)8/h13-14,18H,9-12H2,1-8H3. The lowest BCUT2D eigenvalue weighted by molar-refractivity contribution is -0.0735. The third kappa shape index (κ3) is 3.10. The Kier molecular flexibility index (Phi) is 4.58. The Hall–Kier alpha value is -0.0400. The van der Waals surface area contributed by atoms with Crippen molar-refractivity contribution in [1.29, 1.82) is 0 Å². The van der Waals surface area contributed by atoms with Gasteiger partial charge in [-0.25, -0.2) is 0 Å². The summed E-state index contributed by atoms with van der Waals surface area (Å²) in [5.74, 6) is 0. The van der Waals surface area contributed by atoms with Crippen molar-refractivity contribution in [2.45, 2.75) is 93.2 Å². The smallest absolute Gasteiger partial charge is 0.00751 e. The van der Waals surface area contributed by atoms with Crippen molar-refractivity contribution in [3.05, 3.63) is 0 Å². The van der Waals surface area contributed by atoms with E-state index in [1.165, 1.54) is 25.7 Å². The van der Waals surface area contributed by atoms with Crippen LogP contribution >= 0.6 is 0 Å². The molecule has 0 aromatic heterocycles. The number of hydrogen-bond donors (Lipinski definition) is 1. The maximum atomic E-state index is 3.78. The second-order valence-electron chi connectivity index (χ2n) is 8.70. The minimum absolute atomic E-state index is 0.378. The molecule has 0 amide bonds. The Bertz CT molecular complexity index is 250. The first-order valence-corrected chi connectivity index (χ1v) is 7.76. The summed E-state index contributed by atoms with van der Waals surface area (Å²) >= 11 is 0. The maximum absolute atomic E-state index is 3.78. The highest BCUT2D eigenvalue weighted by Crippen LogP contribution is 2.59. The van der Waals surface area contributed by atoms with Crippen molar-refractivity contribution in [2.24, 2.45) is 16.2 Å². The van der Waals surface area contributed by atoms with Gasteiger partial charge in [-0.1, -0.05) is 61.8 Å². The van der Waals surface area contributed by atoms with E-state index in [0.29, 0.717) is 28.3 Å². The van der Waals surface area contributed by atoms with Gasteiger partial charge in [-0.15, -0.1) is 0 Å². The molecule has 1 N–H and O–H groups in total. The number of hydrogen-bond acceptors (Lipinski definition) is 1. The Morgan fingerprint density at radius 1 is 1.00 bits per heavy atom. The summed E-state index contributed by atoms with van der Waals surface area (Å²) in [6.07, 6.45) is 5.44. The molecule has 0 bridgehead atoms. The van der Waals surface area contributed by atoms with Gasteiger partial charge in [0.15, 0.2) is 0 Å². The Labute approximate surface area is 115 Å². The van der Waals surface area contributed by atoms with Crippen LogP contribution in [-0.2, 0) is 0 Å². The number of nitrogens with one attached hydrogen (secondary N) is 1. The molecule has 1 aliphatic rings. The highest BCUT2D eigenvalue weighted by atomic mass is 14.9. The Morgan fingerprint density at radius 2 is 1.50 bits per heavy atom. The molecule has 108 valence electrons. The van der Waals surface area contributed by atoms with Crippen LogP contribution in [0.2, 0.25) is 0 Å². The van der Waals surface area contributed by atoms with Crippen molar-refractivity contribution < 1.29 is 0 Å². The van der Waals surface area contributed by atoms with E-state index in [1.54, 1.807) is 0 Å².